The molecular weight excluding hydrogens is 270 g/mol. The highest BCUT2D eigenvalue weighted by Gasteiger charge is 2.19. The molecule has 0 radical (unpaired) electrons. The van der Waals surface area contributed by atoms with Gasteiger partial charge in [-0.2, -0.15) is 0 Å². The van der Waals surface area contributed by atoms with Crippen molar-refractivity contribution in [1.29, 1.82) is 0 Å². The zero-order valence-corrected chi connectivity index (χ0v) is 13.8. The van der Waals surface area contributed by atoms with Crippen molar-refractivity contribution in [3.05, 3.63) is 34.3 Å². The molecule has 0 aliphatic heterocycles. The van der Waals surface area contributed by atoms with E-state index >= 15 is 0 Å². The molecule has 0 saturated heterocycles. The first kappa shape index (κ1) is 17.2. The quantitative estimate of drug-likeness (QED) is 0.780. The molecule has 1 atom stereocenters. The Bertz CT molecular complexity index is 443. The molecule has 0 saturated carbocycles. The highest BCUT2D eigenvalue weighted by Crippen LogP contribution is 2.18. The van der Waals surface area contributed by atoms with E-state index < -0.39 is 0 Å². The number of halogens is 1. The van der Waals surface area contributed by atoms with Gasteiger partial charge in [0.05, 0.1) is 6.04 Å². The standard InChI is InChI=1S/C17H26ClNO/c1-5-19-16(17(20)12(2)3)8-6-7-14-9-10-15(18)11-13(14)4/h9-12,16,19H,5-8H2,1-4H3. The van der Waals surface area contributed by atoms with Crippen molar-refractivity contribution in [3.63, 3.8) is 0 Å². The van der Waals surface area contributed by atoms with Crippen LogP contribution >= 0.6 is 11.6 Å². The van der Waals surface area contributed by atoms with Crippen LogP contribution in [0.15, 0.2) is 18.2 Å². The number of rotatable bonds is 8. The van der Waals surface area contributed by atoms with Crippen molar-refractivity contribution in [2.24, 2.45) is 5.92 Å². The monoisotopic (exact) mass is 295 g/mol. The number of ketones is 1. The zero-order valence-electron chi connectivity index (χ0n) is 13.0. The van der Waals surface area contributed by atoms with E-state index in [2.05, 4.69) is 18.3 Å². The van der Waals surface area contributed by atoms with Crippen molar-refractivity contribution in [2.45, 2.75) is 53.0 Å². The fourth-order valence-electron chi connectivity index (χ4n) is 2.43. The fraction of sp³-hybridized carbons (Fsp3) is 0.588. The maximum Gasteiger partial charge on any atom is 0.152 e. The van der Waals surface area contributed by atoms with E-state index in [4.69, 9.17) is 11.6 Å². The Labute approximate surface area is 127 Å². The summed E-state index contributed by atoms with van der Waals surface area (Å²) in [5.41, 5.74) is 2.55. The van der Waals surface area contributed by atoms with Crippen LogP contribution in [0.2, 0.25) is 5.02 Å². The van der Waals surface area contributed by atoms with Crippen LogP contribution < -0.4 is 5.32 Å². The van der Waals surface area contributed by atoms with Gasteiger partial charge < -0.3 is 5.32 Å². The third-order valence-corrected chi connectivity index (χ3v) is 3.84. The molecular formula is C17H26ClNO. The second-order valence-corrected chi connectivity index (χ2v) is 6.07. The van der Waals surface area contributed by atoms with Gasteiger partial charge in [-0.25, -0.2) is 0 Å². The molecule has 112 valence electrons. The average molecular weight is 296 g/mol. The maximum absolute atomic E-state index is 12.1. The van der Waals surface area contributed by atoms with Crippen molar-refractivity contribution >= 4 is 17.4 Å². The van der Waals surface area contributed by atoms with Gasteiger partial charge in [-0.15, -0.1) is 0 Å². The van der Waals surface area contributed by atoms with Gasteiger partial charge in [0.15, 0.2) is 5.78 Å². The van der Waals surface area contributed by atoms with Crippen molar-refractivity contribution in [3.8, 4) is 0 Å². The average Bonchev–Trinajstić information content (AvgIpc) is 2.39. The number of hydrogen-bond acceptors (Lipinski definition) is 2. The number of nitrogens with one attached hydrogen (secondary N) is 1. The predicted octanol–water partition coefficient (Wildman–Crippen LogP) is 4.17. The Kier molecular flexibility index (Phi) is 7.25. The van der Waals surface area contributed by atoms with E-state index in [1.807, 2.05) is 32.9 Å². The first-order valence-electron chi connectivity index (χ1n) is 7.47. The van der Waals surface area contributed by atoms with Crippen molar-refractivity contribution < 1.29 is 4.79 Å². The highest BCUT2D eigenvalue weighted by atomic mass is 35.5. The molecule has 0 bridgehead atoms. The number of benzene rings is 1. The van der Waals surface area contributed by atoms with Crippen LogP contribution in [0.4, 0.5) is 0 Å². The van der Waals surface area contributed by atoms with Gasteiger partial charge in [-0.05, 0) is 56.0 Å². The molecule has 0 fully saturated rings. The number of carbonyl (C=O) groups excluding carboxylic acids is 1. The molecule has 1 rings (SSSR count). The number of carbonyl (C=O) groups is 1. The number of aryl methyl sites for hydroxylation is 2. The lowest BCUT2D eigenvalue weighted by Crippen LogP contribution is -2.39. The van der Waals surface area contributed by atoms with Gasteiger partial charge in [0, 0.05) is 10.9 Å². The molecule has 3 heteroatoms. The lowest BCUT2D eigenvalue weighted by Gasteiger charge is -2.19. The second-order valence-electron chi connectivity index (χ2n) is 5.63. The summed E-state index contributed by atoms with van der Waals surface area (Å²) in [6, 6.07) is 6.01. The van der Waals surface area contributed by atoms with Crippen LogP contribution in [0, 0.1) is 12.8 Å². The Hall–Kier alpha value is -0.860. The lowest BCUT2D eigenvalue weighted by molar-refractivity contribution is -0.124. The number of Topliss-reactive ketones (excluding diaryl/α,β-unsaturated/α-hetero) is 1. The van der Waals surface area contributed by atoms with E-state index in [0.29, 0.717) is 5.78 Å². The predicted molar refractivity (Wildman–Crippen MR) is 86.4 cm³/mol. The molecule has 1 unspecified atom stereocenters. The third kappa shape index (κ3) is 5.26. The first-order chi connectivity index (χ1) is 9.45. The van der Waals surface area contributed by atoms with Crippen LogP contribution in [0.25, 0.3) is 0 Å². The minimum atomic E-state index is -0.00685. The molecule has 0 amide bonds. The Morgan fingerprint density at radius 1 is 1.35 bits per heavy atom. The molecule has 0 aromatic heterocycles. The summed E-state index contributed by atoms with van der Waals surface area (Å²) in [6.07, 6.45) is 2.90. The third-order valence-electron chi connectivity index (χ3n) is 3.61. The lowest BCUT2D eigenvalue weighted by atomic mass is 9.95. The molecule has 0 aliphatic rings. The van der Waals surface area contributed by atoms with Crippen LogP contribution in [0.5, 0.6) is 0 Å². The minimum absolute atomic E-state index is 0.00685. The molecule has 1 aromatic carbocycles. The van der Waals surface area contributed by atoms with Gasteiger partial charge in [-0.3, -0.25) is 4.79 Å². The fourth-order valence-corrected chi connectivity index (χ4v) is 2.66. The van der Waals surface area contributed by atoms with Crippen LogP contribution in [0.3, 0.4) is 0 Å². The van der Waals surface area contributed by atoms with Crippen LogP contribution in [-0.2, 0) is 11.2 Å². The summed E-state index contributed by atoms with van der Waals surface area (Å²) < 4.78 is 0. The van der Waals surface area contributed by atoms with E-state index in [-0.39, 0.29) is 12.0 Å². The first-order valence-corrected chi connectivity index (χ1v) is 7.85. The Morgan fingerprint density at radius 2 is 2.05 bits per heavy atom. The van der Waals surface area contributed by atoms with E-state index in [0.717, 1.165) is 30.8 Å². The number of hydrogen-bond donors (Lipinski definition) is 1. The van der Waals surface area contributed by atoms with Gasteiger partial charge in [0.1, 0.15) is 0 Å². The molecule has 20 heavy (non-hydrogen) atoms. The summed E-state index contributed by atoms with van der Waals surface area (Å²) in [4.78, 5) is 12.1. The van der Waals surface area contributed by atoms with E-state index in [9.17, 15) is 4.79 Å². The van der Waals surface area contributed by atoms with Crippen molar-refractivity contribution in [2.75, 3.05) is 6.54 Å². The molecule has 1 N–H and O–H groups in total. The van der Waals surface area contributed by atoms with Gasteiger partial charge in [0.2, 0.25) is 0 Å². The summed E-state index contributed by atoms with van der Waals surface area (Å²) in [5, 5.41) is 4.09. The van der Waals surface area contributed by atoms with Crippen LogP contribution in [-0.4, -0.2) is 18.4 Å². The van der Waals surface area contributed by atoms with Gasteiger partial charge in [-0.1, -0.05) is 38.4 Å². The largest absolute Gasteiger partial charge is 0.308 e. The van der Waals surface area contributed by atoms with Crippen LogP contribution in [0.1, 0.15) is 44.7 Å². The summed E-state index contributed by atoms with van der Waals surface area (Å²) >= 11 is 5.96. The van der Waals surface area contributed by atoms with Crippen molar-refractivity contribution in [1.82, 2.24) is 5.32 Å². The molecule has 0 aliphatic carbocycles. The zero-order chi connectivity index (χ0) is 15.1. The Balaban J connectivity index is 2.53. The SMILES string of the molecule is CCNC(CCCc1ccc(Cl)cc1C)C(=O)C(C)C. The second kappa shape index (κ2) is 8.43. The molecule has 1 aromatic rings. The maximum atomic E-state index is 12.1. The van der Waals surface area contributed by atoms with Gasteiger partial charge in [0.25, 0.3) is 0 Å². The van der Waals surface area contributed by atoms with Gasteiger partial charge >= 0.3 is 0 Å². The smallest absolute Gasteiger partial charge is 0.152 e. The topological polar surface area (TPSA) is 29.1 Å². The summed E-state index contributed by atoms with van der Waals surface area (Å²) in [7, 11) is 0. The minimum Gasteiger partial charge on any atom is -0.308 e. The molecule has 0 spiro atoms. The Morgan fingerprint density at radius 3 is 2.60 bits per heavy atom. The molecule has 2 nitrogen and oxygen atoms in total. The number of likely N-dealkylation sites (N-methyl/N-ethyl adjacent to an activating group) is 1. The van der Waals surface area contributed by atoms with E-state index in [1.165, 1.54) is 11.1 Å². The highest BCUT2D eigenvalue weighted by molar-refractivity contribution is 6.30. The summed E-state index contributed by atoms with van der Waals surface area (Å²) in [6.45, 7) is 8.90. The van der Waals surface area contributed by atoms with E-state index in [1.54, 1.807) is 0 Å². The summed E-state index contributed by atoms with van der Waals surface area (Å²) in [5.74, 6) is 0.413. The normalized spacial score (nSPS) is 12.7. The molecule has 0 heterocycles.